The van der Waals surface area contributed by atoms with Gasteiger partial charge in [0, 0.05) is 17.3 Å². The van der Waals surface area contributed by atoms with Crippen molar-refractivity contribution < 1.29 is 22.8 Å². The summed E-state index contributed by atoms with van der Waals surface area (Å²) in [6, 6.07) is 3.90. The maximum Gasteiger partial charge on any atom is 0.471 e. The molecule has 3 nitrogen and oxygen atoms in total. The van der Waals surface area contributed by atoms with Crippen LogP contribution < -0.4 is 4.90 Å². The molecule has 2 atom stereocenters. The van der Waals surface area contributed by atoms with E-state index in [2.05, 4.69) is 15.9 Å². The van der Waals surface area contributed by atoms with E-state index in [9.17, 15) is 22.8 Å². The molecule has 2 rings (SSSR count). The van der Waals surface area contributed by atoms with Gasteiger partial charge in [0.1, 0.15) is 0 Å². The molecular weight excluding hydrogens is 363 g/mol. The lowest BCUT2D eigenvalue weighted by Gasteiger charge is -2.23. The van der Waals surface area contributed by atoms with Crippen molar-refractivity contribution in [3.63, 3.8) is 0 Å². The van der Waals surface area contributed by atoms with Gasteiger partial charge in [-0.3, -0.25) is 9.59 Å². The fraction of sp³-hybridized carbons (Fsp3) is 0.467. The summed E-state index contributed by atoms with van der Waals surface area (Å²) in [7, 11) is 0. The molecule has 120 valence electrons. The number of nitrogens with zero attached hydrogens (tertiary/aromatic N) is 1. The molecule has 7 heteroatoms. The molecule has 2 unspecified atom stereocenters. The summed E-state index contributed by atoms with van der Waals surface area (Å²) in [5, 5.41) is 0. The van der Waals surface area contributed by atoms with Crippen LogP contribution in [0.15, 0.2) is 18.2 Å². The summed E-state index contributed by atoms with van der Waals surface area (Å²) in [6.45, 7) is 3.42. The summed E-state index contributed by atoms with van der Waals surface area (Å²) < 4.78 is 38.0. The number of amides is 1. The largest absolute Gasteiger partial charge is 0.471 e. The van der Waals surface area contributed by atoms with Gasteiger partial charge in [-0.2, -0.15) is 13.2 Å². The van der Waals surface area contributed by atoms with Crippen LogP contribution in [-0.2, 0) is 11.2 Å². The average Bonchev–Trinajstić information content (AvgIpc) is 2.78. The Morgan fingerprint density at radius 2 is 2.05 bits per heavy atom. The highest BCUT2D eigenvalue weighted by Crippen LogP contribution is 2.36. The third kappa shape index (κ3) is 3.04. The van der Waals surface area contributed by atoms with E-state index < -0.39 is 18.1 Å². The van der Waals surface area contributed by atoms with E-state index in [1.54, 1.807) is 13.0 Å². The van der Waals surface area contributed by atoms with Crippen molar-refractivity contribution in [3.8, 4) is 0 Å². The minimum Gasteiger partial charge on any atom is -0.301 e. The summed E-state index contributed by atoms with van der Waals surface area (Å²) >= 11 is 3.27. The Balaban J connectivity index is 2.36. The summed E-state index contributed by atoms with van der Waals surface area (Å²) in [5.74, 6) is -1.98. The first-order valence-electron chi connectivity index (χ1n) is 6.88. The lowest BCUT2D eigenvalue weighted by Crippen LogP contribution is -2.44. The third-order valence-electron chi connectivity index (χ3n) is 3.68. The fourth-order valence-electron chi connectivity index (χ4n) is 2.60. The number of hydrogen-bond acceptors (Lipinski definition) is 2. The lowest BCUT2D eigenvalue weighted by atomic mass is 10.0. The van der Waals surface area contributed by atoms with Gasteiger partial charge < -0.3 is 4.90 Å². The highest BCUT2D eigenvalue weighted by atomic mass is 79.9. The number of carbonyl (C=O) groups excluding carboxylic acids is 2. The minimum absolute atomic E-state index is 0.112. The quantitative estimate of drug-likeness (QED) is 0.591. The van der Waals surface area contributed by atoms with E-state index in [0.717, 1.165) is 4.90 Å². The van der Waals surface area contributed by atoms with Crippen molar-refractivity contribution in [2.24, 2.45) is 0 Å². The molecule has 22 heavy (non-hydrogen) atoms. The molecule has 0 N–H and O–H groups in total. The van der Waals surface area contributed by atoms with Crippen LogP contribution in [0.5, 0.6) is 0 Å². The van der Waals surface area contributed by atoms with Gasteiger partial charge in [-0.1, -0.05) is 22.9 Å². The molecule has 0 spiro atoms. The molecule has 0 aromatic heterocycles. The number of fused-ring (bicyclic) bond motifs is 1. The second kappa shape index (κ2) is 6.02. The van der Waals surface area contributed by atoms with Crippen LogP contribution in [0.1, 0.15) is 36.2 Å². The molecule has 1 aromatic carbocycles. The van der Waals surface area contributed by atoms with Gasteiger partial charge in [-0.25, -0.2) is 0 Å². The van der Waals surface area contributed by atoms with E-state index >= 15 is 0 Å². The number of hydrogen-bond donors (Lipinski definition) is 0. The second-order valence-electron chi connectivity index (χ2n) is 5.31. The van der Waals surface area contributed by atoms with Crippen LogP contribution in [-0.4, -0.2) is 28.7 Å². The number of ketones is 1. The van der Waals surface area contributed by atoms with E-state index in [0.29, 0.717) is 24.0 Å². The van der Waals surface area contributed by atoms with E-state index in [1.807, 2.05) is 6.92 Å². The Bertz CT molecular complexity index is 615. The second-order valence-corrected chi connectivity index (χ2v) is 6.41. The third-order valence-corrected chi connectivity index (χ3v) is 4.75. The lowest BCUT2D eigenvalue weighted by molar-refractivity contribution is -0.170. The van der Waals surface area contributed by atoms with Gasteiger partial charge in [-0.15, -0.1) is 0 Å². The van der Waals surface area contributed by atoms with Crippen molar-refractivity contribution in [2.45, 2.75) is 43.7 Å². The van der Waals surface area contributed by atoms with Crippen LogP contribution >= 0.6 is 15.9 Å². The Hall–Kier alpha value is -1.37. The number of carbonyl (C=O) groups is 2. The van der Waals surface area contributed by atoms with Gasteiger partial charge in [0.05, 0.1) is 4.83 Å². The molecular formula is C15H15BrF3NO2. The highest BCUT2D eigenvalue weighted by molar-refractivity contribution is 9.10. The molecule has 0 aliphatic carbocycles. The van der Waals surface area contributed by atoms with E-state index in [1.165, 1.54) is 12.1 Å². The molecule has 0 saturated carbocycles. The molecule has 0 fully saturated rings. The minimum atomic E-state index is -4.91. The van der Waals surface area contributed by atoms with E-state index in [4.69, 9.17) is 0 Å². The normalized spacial score (nSPS) is 19.0. The molecule has 1 aliphatic heterocycles. The van der Waals surface area contributed by atoms with Crippen LogP contribution in [0.25, 0.3) is 0 Å². The van der Waals surface area contributed by atoms with Crippen molar-refractivity contribution in [2.75, 3.05) is 4.90 Å². The van der Waals surface area contributed by atoms with Gasteiger partial charge in [0.25, 0.3) is 0 Å². The van der Waals surface area contributed by atoms with Crippen LogP contribution in [0.2, 0.25) is 0 Å². The van der Waals surface area contributed by atoms with Crippen LogP contribution in [0, 0.1) is 0 Å². The smallest absolute Gasteiger partial charge is 0.301 e. The maximum atomic E-state index is 12.7. The fourth-order valence-corrected chi connectivity index (χ4v) is 2.86. The standard InChI is InChI=1S/C15H15BrF3NO2/c1-3-11(16)13(21)9-4-5-12-10(7-9)6-8(2)20(12)14(22)15(17,18)19/h4-5,7-8,11H,3,6H2,1-2H3. The molecule has 1 amide bonds. The SMILES string of the molecule is CCC(Br)C(=O)c1ccc2c(c1)CC(C)N2C(=O)C(F)(F)F. The van der Waals surface area contributed by atoms with Gasteiger partial charge in [0.2, 0.25) is 0 Å². The first kappa shape index (κ1) is 17.0. The average molecular weight is 378 g/mol. The van der Waals surface area contributed by atoms with Gasteiger partial charge in [-0.05, 0) is 43.5 Å². The zero-order valence-corrected chi connectivity index (χ0v) is 13.7. The Morgan fingerprint density at radius 1 is 1.41 bits per heavy atom. The summed E-state index contributed by atoms with van der Waals surface area (Å²) in [6.07, 6.45) is -3.99. The Labute approximate surface area is 134 Å². The zero-order chi connectivity index (χ0) is 16.7. The Morgan fingerprint density at radius 3 is 2.59 bits per heavy atom. The number of halogens is 4. The predicted molar refractivity (Wildman–Crippen MR) is 80.5 cm³/mol. The van der Waals surface area contributed by atoms with Crippen LogP contribution in [0.4, 0.5) is 18.9 Å². The van der Waals surface area contributed by atoms with Gasteiger partial charge in [0.15, 0.2) is 5.78 Å². The highest BCUT2D eigenvalue weighted by Gasteiger charge is 2.46. The first-order chi connectivity index (χ1) is 10.2. The van der Waals surface area contributed by atoms with E-state index in [-0.39, 0.29) is 16.3 Å². The van der Waals surface area contributed by atoms with Crippen molar-refractivity contribution in [1.82, 2.24) is 0 Å². The predicted octanol–water partition coefficient (Wildman–Crippen LogP) is 3.88. The molecule has 0 bridgehead atoms. The molecule has 0 radical (unpaired) electrons. The van der Waals surface area contributed by atoms with Crippen molar-refractivity contribution in [1.29, 1.82) is 0 Å². The Kier molecular flexibility index (Phi) is 4.65. The zero-order valence-electron chi connectivity index (χ0n) is 12.1. The topological polar surface area (TPSA) is 37.4 Å². The number of Topliss-reactive ketones (excluding diaryl/α,β-unsaturated/α-hetero) is 1. The summed E-state index contributed by atoms with van der Waals surface area (Å²) in [4.78, 5) is 24.1. The maximum absolute atomic E-state index is 12.7. The monoisotopic (exact) mass is 377 g/mol. The first-order valence-corrected chi connectivity index (χ1v) is 7.80. The molecule has 1 aromatic rings. The number of rotatable bonds is 3. The number of anilines is 1. The molecule has 0 saturated heterocycles. The number of benzene rings is 1. The number of alkyl halides is 4. The van der Waals surface area contributed by atoms with Gasteiger partial charge >= 0.3 is 12.1 Å². The van der Waals surface area contributed by atoms with Crippen molar-refractivity contribution in [3.05, 3.63) is 29.3 Å². The van der Waals surface area contributed by atoms with Crippen molar-refractivity contribution >= 4 is 33.3 Å². The molecule has 1 heterocycles. The van der Waals surface area contributed by atoms with Crippen LogP contribution in [0.3, 0.4) is 0 Å². The molecule has 1 aliphatic rings. The summed E-state index contributed by atoms with van der Waals surface area (Å²) in [5.41, 5.74) is 1.26.